The number of amides is 3. The highest BCUT2D eigenvalue weighted by molar-refractivity contribution is 6.09. The molecule has 0 spiro atoms. The third-order valence-corrected chi connectivity index (χ3v) is 3.97. The van der Waals surface area contributed by atoms with Gasteiger partial charge in [0, 0.05) is 42.5 Å². The summed E-state index contributed by atoms with van der Waals surface area (Å²) in [6.45, 7) is 1.24. The van der Waals surface area contributed by atoms with E-state index in [-0.39, 0.29) is 22.4 Å². The van der Waals surface area contributed by atoms with Gasteiger partial charge in [-0.25, -0.2) is 4.39 Å². The summed E-state index contributed by atoms with van der Waals surface area (Å²) in [6.07, 6.45) is 0. The second kappa shape index (κ2) is 8.25. The molecule has 0 aromatic heterocycles. The van der Waals surface area contributed by atoms with Crippen LogP contribution in [0.5, 0.6) is 0 Å². The van der Waals surface area contributed by atoms with Crippen molar-refractivity contribution >= 4 is 29.1 Å². The number of halogens is 1. The number of hydrogen-bond donors (Lipinski definition) is 3. The summed E-state index contributed by atoms with van der Waals surface area (Å²) in [7, 11) is 2.79. The summed E-state index contributed by atoms with van der Waals surface area (Å²) in [5, 5.41) is 18.4. The van der Waals surface area contributed by atoms with Gasteiger partial charge < -0.3 is 16.0 Å². The molecule has 0 saturated heterocycles. The molecular weight excluding hydrogens is 371 g/mol. The molecule has 10 heteroatoms. The number of carbonyl (C=O) groups excluding carboxylic acids is 3. The lowest BCUT2D eigenvalue weighted by Gasteiger charge is -2.12. The molecule has 2 rings (SSSR count). The van der Waals surface area contributed by atoms with Crippen LogP contribution in [0.15, 0.2) is 30.3 Å². The molecule has 0 aliphatic carbocycles. The van der Waals surface area contributed by atoms with Gasteiger partial charge in [0.1, 0.15) is 11.4 Å². The van der Waals surface area contributed by atoms with Crippen molar-refractivity contribution in [2.75, 3.05) is 19.4 Å². The lowest BCUT2D eigenvalue weighted by molar-refractivity contribution is -0.385. The van der Waals surface area contributed by atoms with Crippen LogP contribution in [0.3, 0.4) is 0 Å². The smallest absolute Gasteiger partial charge is 0.282 e. The third kappa shape index (κ3) is 4.11. The first-order chi connectivity index (χ1) is 13.2. The van der Waals surface area contributed by atoms with Gasteiger partial charge in [0.15, 0.2) is 0 Å². The quantitative estimate of drug-likeness (QED) is 0.533. The Kier molecular flexibility index (Phi) is 6.04. The van der Waals surface area contributed by atoms with Crippen molar-refractivity contribution in [2.45, 2.75) is 6.92 Å². The van der Waals surface area contributed by atoms with E-state index < -0.39 is 39.7 Å². The van der Waals surface area contributed by atoms with E-state index in [0.29, 0.717) is 0 Å². The summed E-state index contributed by atoms with van der Waals surface area (Å²) in [5.74, 6) is -2.73. The number of nitrogens with zero attached hydrogens (tertiary/aromatic N) is 1. The average Bonchev–Trinajstić information content (AvgIpc) is 2.67. The number of hydrogen-bond acceptors (Lipinski definition) is 5. The van der Waals surface area contributed by atoms with Gasteiger partial charge in [-0.3, -0.25) is 24.5 Å². The monoisotopic (exact) mass is 388 g/mol. The van der Waals surface area contributed by atoms with Gasteiger partial charge in [0.25, 0.3) is 23.4 Å². The zero-order valence-corrected chi connectivity index (χ0v) is 15.3. The molecule has 2 aromatic rings. The van der Waals surface area contributed by atoms with E-state index in [1.54, 1.807) is 0 Å². The molecule has 9 nitrogen and oxygen atoms in total. The fraction of sp³-hybridized carbons (Fsp3) is 0.167. The Hall–Kier alpha value is -3.82. The highest BCUT2D eigenvalue weighted by Crippen LogP contribution is 2.26. The molecule has 0 bridgehead atoms. The maximum atomic E-state index is 13.8. The van der Waals surface area contributed by atoms with E-state index in [1.165, 1.54) is 39.2 Å². The Morgan fingerprint density at radius 1 is 0.964 bits per heavy atom. The van der Waals surface area contributed by atoms with Crippen LogP contribution >= 0.6 is 0 Å². The number of nitrogens with one attached hydrogen (secondary N) is 3. The minimum atomic E-state index is -0.944. The number of rotatable bonds is 5. The van der Waals surface area contributed by atoms with Crippen LogP contribution in [0, 0.1) is 22.9 Å². The normalized spacial score (nSPS) is 10.1. The van der Waals surface area contributed by atoms with Gasteiger partial charge in [0.05, 0.1) is 4.92 Å². The number of carbonyl (C=O) groups is 3. The summed E-state index contributed by atoms with van der Waals surface area (Å²) < 4.78 is 13.8. The minimum absolute atomic E-state index is 0.0441. The Bertz CT molecular complexity index is 956. The summed E-state index contributed by atoms with van der Waals surface area (Å²) in [5.41, 5.74) is -0.987. The molecule has 146 valence electrons. The Balaban J connectivity index is 2.52. The van der Waals surface area contributed by atoms with Gasteiger partial charge in [-0.15, -0.1) is 0 Å². The molecule has 28 heavy (non-hydrogen) atoms. The van der Waals surface area contributed by atoms with Crippen molar-refractivity contribution in [1.29, 1.82) is 0 Å². The molecule has 2 aromatic carbocycles. The van der Waals surface area contributed by atoms with Gasteiger partial charge >= 0.3 is 0 Å². The second-order valence-corrected chi connectivity index (χ2v) is 5.74. The zero-order chi connectivity index (χ0) is 21.0. The molecule has 0 aliphatic rings. The number of anilines is 1. The van der Waals surface area contributed by atoms with Crippen molar-refractivity contribution in [2.24, 2.45) is 0 Å². The van der Waals surface area contributed by atoms with Crippen molar-refractivity contribution in [1.82, 2.24) is 10.6 Å². The van der Waals surface area contributed by atoms with E-state index >= 15 is 0 Å². The summed E-state index contributed by atoms with van der Waals surface area (Å²) >= 11 is 0. The maximum Gasteiger partial charge on any atom is 0.282 e. The third-order valence-electron chi connectivity index (χ3n) is 3.97. The minimum Gasteiger partial charge on any atom is -0.355 e. The molecule has 0 unspecified atom stereocenters. The van der Waals surface area contributed by atoms with Crippen LogP contribution in [0.2, 0.25) is 0 Å². The van der Waals surface area contributed by atoms with Crippen LogP contribution in [0.1, 0.15) is 36.6 Å². The number of nitro benzene ring substituents is 1. The van der Waals surface area contributed by atoms with Gasteiger partial charge in [0.2, 0.25) is 0 Å². The molecule has 0 atom stereocenters. The molecule has 0 saturated carbocycles. The summed E-state index contributed by atoms with van der Waals surface area (Å²) in [4.78, 5) is 46.9. The van der Waals surface area contributed by atoms with E-state index in [1.807, 2.05) is 0 Å². The van der Waals surface area contributed by atoms with E-state index in [0.717, 1.165) is 12.1 Å². The van der Waals surface area contributed by atoms with Crippen LogP contribution < -0.4 is 16.0 Å². The standard InChI is InChI=1S/C18H17FN4O5/c1-9-13(19)4-5-14(23(27)28)15(9)18(26)22-12-7-10(16(24)20-2)6-11(8-12)17(25)21-3/h4-8H,1-3H3,(H,20,24)(H,21,25)(H,22,26). The Morgan fingerprint density at radius 2 is 1.50 bits per heavy atom. The predicted molar refractivity (Wildman–Crippen MR) is 99.0 cm³/mol. The van der Waals surface area contributed by atoms with Crippen LogP contribution in [0.25, 0.3) is 0 Å². The van der Waals surface area contributed by atoms with Crippen molar-refractivity contribution in [3.63, 3.8) is 0 Å². The first-order valence-electron chi connectivity index (χ1n) is 8.03. The largest absolute Gasteiger partial charge is 0.355 e. The zero-order valence-electron chi connectivity index (χ0n) is 15.3. The fourth-order valence-electron chi connectivity index (χ4n) is 2.55. The number of nitro groups is 1. The highest BCUT2D eigenvalue weighted by Gasteiger charge is 2.25. The SMILES string of the molecule is CNC(=O)c1cc(NC(=O)c2c([N+](=O)[O-])ccc(F)c2C)cc(C(=O)NC)c1. The van der Waals surface area contributed by atoms with Crippen LogP contribution in [0.4, 0.5) is 15.8 Å². The van der Waals surface area contributed by atoms with Crippen molar-refractivity contribution < 1.29 is 23.7 Å². The van der Waals surface area contributed by atoms with Gasteiger partial charge in [-0.2, -0.15) is 0 Å². The van der Waals surface area contributed by atoms with Gasteiger partial charge in [-0.05, 0) is 31.2 Å². The molecular formula is C18H17FN4O5. The van der Waals surface area contributed by atoms with E-state index in [9.17, 15) is 28.9 Å². The van der Waals surface area contributed by atoms with Crippen LogP contribution in [-0.4, -0.2) is 36.7 Å². The van der Waals surface area contributed by atoms with E-state index in [2.05, 4.69) is 16.0 Å². The van der Waals surface area contributed by atoms with Crippen molar-refractivity contribution in [3.8, 4) is 0 Å². The van der Waals surface area contributed by atoms with Crippen molar-refractivity contribution in [3.05, 3.63) is 68.5 Å². The molecule has 3 N–H and O–H groups in total. The first-order valence-corrected chi connectivity index (χ1v) is 8.03. The molecule has 0 fully saturated rings. The molecule has 0 aliphatic heterocycles. The van der Waals surface area contributed by atoms with Crippen LogP contribution in [-0.2, 0) is 0 Å². The lowest BCUT2D eigenvalue weighted by atomic mass is 10.0. The molecule has 0 radical (unpaired) electrons. The Labute approximate surface area is 159 Å². The summed E-state index contributed by atoms with van der Waals surface area (Å²) in [6, 6.07) is 5.71. The average molecular weight is 388 g/mol. The fourth-order valence-corrected chi connectivity index (χ4v) is 2.55. The molecule has 3 amide bonds. The maximum absolute atomic E-state index is 13.8. The van der Waals surface area contributed by atoms with Gasteiger partial charge in [-0.1, -0.05) is 0 Å². The highest BCUT2D eigenvalue weighted by atomic mass is 19.1. The van der Waals surface area contributed by atoms with E-state index in [4.69, 9.17) is 0 Å². The second-order valence-electron chi connectivity index (χ2n) is 5.74. The Morgan fingerprint density at radius 3 is 1.96 bits per heavy atom. The molecule has 0 heterocycles. The topological polar surface area (TPSA) is 130 Å². The number of benzene rings is 2. The predicted octanol–water partition coefficient (Wildman–Crippen LogP) is 2.01. The lowest BCUT2D eigenvalue weighted by Crippen LogP contribution is -2.22. The first kappa shape index (κ1) is 20.5.